The molecule has 7 heteroatoms. The second-order valence-electron chi connectivity index (χ2n) is 16.0. The summed E-state index contributed by atoms with van der Waals surface area (Å²) in [6.45, 7) is 6.96. The van der Waals surface area contributed by atoms with Gasteiger partial charge in [-0.05, 0) is 30.5 Å². The topological polar surface area (TPSA) is 84.0 Å². The number of rotatable bonds is 40. The molecule has 2 aromatic rings. The Bertz CT molecular complexity index is 1020. The van der Waals surface area contributed by atoms with Crippen LogP contribution in [-0.2, 0) is 11.3 Å². The summed E-state index contributed by atoms with van der Waals surface area (Å²) in [6.07, 6.45) is 44.2. The highest BCUT2D eigenvalue weighted by Gasteiger charge is 2.08. The van der Waals surface area contributed by atoms with Crippen LogP contribution in [-0.4, -0.2) is 35.2 Å². The van der Waals surface area contributed by atoms with Crippen molar-refractivity contribution in [1.82, 2.24) is 15.0 Å². The molecule has 310 valence electrons. The summed E-state index contributed by atoms with van der Waals surface area (Å²) in [5.74, 6) is 1.84. The molecule has 0 atom stereocenters. The normalized spacial score (nSPS) is 11.3. The van der Waals surface area contributed by atoms with E-state index in [1.807, 2.05) is 12.1 Å². The van der Waals surface area contributed by atoms with Crippen LogP contribution < -0.4 is 16.0 Å². The van der Waals surface area contributed by atoms with E-state index in [0.29, 0.717) is 24.5 Å². The molecule has 0 unspecified atom stereocenters. The quantitative estimate of drug-likeness (QED) is 0.0585. The average molecular weight is 751 g/mol. The van der Waals surface area contributed by atoms with Crippen molar-refractivity contribution < 1.29 is 4.74 Å². The molecule has 0 saturated carbocycles. The molecule has 1 aromatic carbocycles. The van der Waals surface area contributed by atoms with Gasteiger partial charge in [-0.3, -0.25) is 0 Å². The minimum Gasteiger partial charge on any atom is -0.380 e. The number of ether oxygens (including phenoxy) is 1. The first kappa shape index (κ1) is 47.7. The zero-order valence-electron chi connectivity index (χ0n) is 35.8. The van der Waals surface area contributed by atoms with Crippen LogP contribution in [0.3, 0.4) is 0 Å². The lowest BCUT2D eigenvalue weighted by atomic mass is 10.0. The summed E-state index contributed by atoms with van der Waals surface area (Å²) in [6, 6.07) is 8.23. The zero-order chi connectivity index (χ0) is 38.4. The fourth-order valence-electron chi connectivity index (χ4n) is 7.32. The van der Waals surface area contributed by atoms with Gasteiger partial charge in [0.1, 0.15) is 0 Å². The standard InChI is InChI=1S/C47H86N6O/c1-4-6-8-10-12-14-16-18-20-22-24-26-28-30-32-34-40-48-45-51-46(53-47(52-45)50-44-38-36-43(37-39-44)42-54-3)49-41-35-33-31-29-27-25-23-21-19-17-15-13-11-9-7-5-2/h36-39H,4-35,40-42H2,1-3H3,(H3,48,49,50,51,52,53). The molecule has 0 fully saturated rings. The summed E-state index contributed by atoms with van der Waals surface area (Å²) in [5, 5.41) is 10.4. The maximum Gasteiger partial charge on any atom is 0.233 e. The highest BCUT2D eigenvalue weighted by molar-refractivity contribution is 5.56. The van der Waals surface area contributed by atoms with Crippen molar-refractivity contribution in [3.63, 3.8) is 0 Å². The van der Waals surface area contributed by atoms with Crippen LogP contribution in [0.2, 0.25) is 0 Å². The maximum absolute atomic E-state index is 5.27. The van der Waals surface area contributed by atoms with Gasteiger partial charge in [0.15, 0.2) is 0 Å². The Morgan fingerprint density at radius 2 is 0.685 bits per heavy atom. The average Bonchev–Trinajstić information content (AvgIpc) is 3.18. The van der Waals surface area contributed by atoms with Crippen molar-refractivity contribution >= 4 is 23.5 Å². The minimum absolute atomic E-state index is 0.563. The van der Waals surface area contributed by atoms with Gasteiger partial charge in [0.25, 0.3) is 0 Å². The molecule has 2 rings (SSSR count). The van der Waals surface area contributed by atoms with Gasteiger partial charge in [-0.15, -0.1) is 0 Å². The second-order valence-corrected chi connectivity index (χ2v) is 16.0. The Kier molecular flexibility index (Phi) is 32.0. The zero-order valence-corrected chi connectivity index (χ0v) is 35.8. The summed E-state index contributed by atoms with van der Waals surface area (Å²) < 4.78 is 5.27. The van der Waals surface area contributed by atoms with Gasteiger partial charge >= 0.3 is 0 Å². The van der Waals surface area contributed by atoms with Gasteiger partial charge in [-0.2, -0.15) is 15.0 Å². The van der Waals surface area contributed by atoms with Crippen molar-refractivity contribution in [2.45, 2.75) is 226 Å². The van der Waals surface area contributed by atoms with Crippen molar-refractivity contribution in [1.29, 1.82) is 0 Å². The van der Waals surface area contributed by atoms with Gasteiger partial charge in [-0.1, -0.05) is 219 Å². The van der Waals surface area contributed by atoms with E-state index in [0.717, 1.165) is 37.2 Å². The van der Waals surface area contributed by atoms with E-state index in [-0.39, 0.29) is 0 Å². The lowest BCUT2D eigenvalue weighted by Crippen LogP contribution is -2.12. The van der Waals surface area contributed by atoms with Crippen molar-refractivity contribution in [2.75, 3.05) is 36.1 Å². The van der Waals surface area contributed by atoms with Crippen molar-refractivity contribution in [3.8, 4) is 0 Å². The van der Waals surface area contributed by atoms with E-state index in [2.05, 4.69) is 41.9 Å². The minimum atomic E-state index is 0.563. The number of hydrogen-bond donors (Lipinski definition) is 3. The lowest BCUT2D eigenvalue weighted by molar-refractivity contribution is 0.185. The molecule has 0 amide bonds. The van der Waals surface area contributed by atoms with E-state index < -0.39 is 0 Å². The van der Waals surface area contributed by atoms with E-state index in [4.69, 9.17) is 19.7 Å². The fraction of sp³-hybridized carbons (Fsp3) is 0.809. The van der Waals surface area contributed by atoms with Gasteiger partial charge in [0.05, 0.1) is 6.61 Å². The van der Waals surface area contributed by atoms with Crippen molar-refractivity contribution in [2.24, 2.45) is 0 Å². The first-order valence-corrected chi connectivity index (χ1v) is 23.3. The van der Waals surface area contributed by atoms with Crippen LogP contribution in [0.15, 0.2) is 24.3 Å². The molecule has 0 aliphatic heterocycles. The van der Waals surface area contributed by atoms with Crippen LogP contribution in [0.1, 0.15) is 225 Å². The summed E-state index contributed by atoms with van der Waals surface area (Å²) in [4.78, 5) is 14.2. The number of nitrogens with one attached hydrogen (secondary N) is 3. The molecule has 0 saturated heterocycles. The molecule has 1 aromatic heterocycles. The Labute approximate surface area is 334 Å². The molecule has 0 aliphatic rings. The Hall–Kier alpha value is -2.41. The van der Waals surface area contributed by atoms with Crippen molar-refractivity contribution in [3.05, 3.63) is 29.8 Å². The Balaban J connectivity index is 1.60. The van der Waals surface area contributed by atoms with E-state index in [9.17, 15) is 0 Å². The molecule has 1 heterocycles. The molecule has 7 nitrogen and oxygen atoms in total. The summed E-state index contributed by atoms with van der Waals surface area (Å²) >= 11 is 0. The smallest absolute Gasteiger partial charge is 0.233 e. The molecule has 3 N–H and O–H groups in total. The van der Waals surface area contributed by atoms with Gasteiger partial charge in [0.2, 0.25) is 17.8 Å². The number of hydrogen-bond acceptors (Lipinski definition) is 7. The Morgan fingerprint density at radius 1 is 0.389 bits per heavy atom. The fourth-order valence-corrected chi connectivity index (χ4v) is 7.32. The first-order chi connectivity index (χ1) is 26.7. The number of benzene rings is 1. The summed E-state index contributed by atoms with van der Waals surface area (Å²) in [5.41, 5.74) is 2.09. The number of unbranched alkanes of at least 4 members (excludes halogenated alkanes) is 30. The van der Waals surface area contributed by atoms with E-state index in [1.54, 1.807) is 7.11 Å². The van der Waals surface area contributed by atoms with Gasteiger partial charge in [0, 0.05) is 25.9 Å². The second kappa shape index (κ2) is 36.2. The van der Waals surface area contributed by atoms with Gasteiger partial charge in [-0.25, -0.2) is 0 Å². The predicted molar refractivity (Wildman–Crippen MR) is 236 cm³/mol. The van der Waals surface area contributed by atoms with Crippen LogP contribution in [0, 0.1) is 0 Å². The number of anilines is 4. The highest BCUT2D eigenvalue weighted by Crippen LogP contribution is 2.19. The van der Waals surface area contributed by atoms with Crippen LogP contribution in [0.5, 0.6) is 0 Å². The van der Waals surface area contributed by atoms with Crippen LogP contribution in [0.4, 0.5) is 23.5 Å². The molecule has 0 radical (unpaired) electrons. The third-order valence-electron chi connectivity index (χ3n) is 10.8. The highest BCUT2D eigenvalue weighted by atomic mass is 16.5. The predicted octanol–water partition coefficient (Wildman–Crippen LogP) is 15.1. The first-order valence-electron chi connectivity index (χ1n) is 23.3. The SMILES string of the molecule is CCCCCCCCCCCCCCCCCCNc1nc(NCCCCCCCCCCCCCCCCCC)nc(Nc2ccc(COC)cc2)n1. The molecular formula is C47H86N6O. The maximum atomic E-state index is 5.27. The van der Waals surface area contributed by atoms with Crippen LogP contribution >= 0.6 is 0 Å². The van der Waals surface area contributed by atoms with Crippen LogP contribution in [0.25, 0.3) is 0 Å². The molecule has 0 aliphatic carbocycles. The number of aromatic nitrogens is 3. The molecular weight excluding hydrogens is 665 g/mol. The largest absolute Gasteiger partial charge is 0.380 e. The van der Waals surface area contributed by atoms with Gasteiger partial charge < -0.3 is 20.7 Å². The number of methoxy groups -OCH3 is 1. The summed E-state index contributed by atoms with van der Waals surface area (Å²) in [7, 11) is 1.72. The third kappa shape index (κ3) is 28.1. The number of nitrogens with zero attached hydrogens (tertiary/aromatic N) is 3. The molecule has 0 bridgehead atoms. The molecule has 0 spiro atoms. The third-order valence-corrected chi connectivity index (χ3v) is 10.8. The monoisotopic (exact) mass is 751 g/mol. The van der Waals surface area contributed by atoms with E-state index in [1.165, 1.54) is 193 Å². The van der Waals surface area contributed by atoms with E-state index >= 15 is 0 Å². The Morgan fingerprint density at radius 3 is 1.00 bits per heavy atom. The lowest BCUT2D eigenvalue weighted by Gasteiger charge is -2.12. The molecule has 54 heavy (non-hydrogen) atoms.